The third-order valence-electron chi connectivity index (χ3n) is 1.62. The van der Waals surface area contributed by atoms with Crippen LogP contribution in [0.3, 0.4) is 0 Å². The molecule has 0 aliphatic heterocycles. The minimum Gasteiger partial charge on any atom is -0.455 e. The summed E-state index contributed by atoms with van der Waals surface area (Å²) < 4.78 is 51.0. The molecule has 110 valence electrons. The molecule has 1 atom stereocenters. The van der Waals surface area contributed by atoms with Crippen LogP contribution in [0.5, 0.6) is 0 Å². The van der Waals surface area contributed by atoms with E-state index in [0.29, 0.717) is 0 Å². The summed E-state index contributed by atoms with van der Waals surface area (Å²) in [5.74, 6) is -3.14. The fourth-order valence-corrected chi connectivity index (χ4v) is 3.52. The lowest BCUT2D eigenvalue weighted by molar-refractivity contribution is -0.148. The van der Waals surface area contributed by atoms with Gasteiger partial charge in [-0.2, -0.15) is 0 Å². The summed E-state index contributed by atoms with van der Waals surface area (Å²) in [6.45, 7) is 2.64. The summed E-state index contributed by atoms with van der Waals surface area (Å²) in [5, 5.41) is 0. The SMILES string of the molecule is CC(=O)O[Si](CC(F)C(F)F)(OC(C)=O)OC(C)=O. The van der Waals surface area contributed by atoms with Gasteiger partial charge in [-0.1, -0.05) is 0 Å². The number of alkyl halides is 3. The maximum Gasteiger partial charge on any atom is 0.708 e. The van der Waals surface area contributed by atoms with Crippen LogP contribution < -0.4 is 0 Å². The zero-order valence-corrected chi connectivity index (χ0v) is 11.4. The Morgan fingerprint density at radius 2 is 1.21 bits per heavy atom. The average molecular weight is 302 g/mol. The third kappa shape index (κ3) is 6.79. The molecular formula is C9H13F3O6Si. The normalized spacial score (nSPS) is 12.8. The largest absolute Gasteiger partial charge is 0.708 e. The molecular weight excluding hydrogens is 289 g/mol. The molecule has 6 nitrogen and oxygen atoms in total. The van der Waals surface area contributed by atoms with Gasteiger partial charge in [0, 0.05) is 20.8 Å². The Labute approximate surface area is 108 Å². The Bertz CT molecular complexity index is 321. The molecule has 10 heteroatoms. The van der Waals surface area contributed by atoms with E-state index in [1.165, 1.54) is 0 Å². The molecule has 0 spiro atoms. The number of carbonyl (C=O) groups excluding carboxylic acids is 3. The van der Waals surface area contributed by atoms with E-state index in [0.717, 1.165) is 20.8 Å². The molecule has 19 heavy (non-hydrogen) atoms. The molecule has 0 aromatic heterocycles. The Balaban J connectivity index is 5.26. The van der Waals surface area contributed by atoms with Crippen LogP contribution in [-0.4, -0.2) is 39.3 Å². The van der Waals surface area contributed by atoms with Gasteiger partial charge in [0.1, 0.15) is 0 Å². The number of hydrogen-bond donors (Lipinski definition) is 0. The van der Waals surface area contributed by atoms with Crippen LogP contribution in [0.2, 0.25) is 6.04 Å². The van der Waals surface area contributed by atoms with Gasteiger partial charge in [-0.3, -0.25) is 14.4 Å². The molecule has 1 unspecified atom stereocenters. The zero-order valence-electron chi connectivity index (χ0n) is 10.4. The fraction of sp³-hybridized carbons (Fsp3) is 0.667. The monoisotopic (exact) mass is 302 g/mol. The highest BCUT2D eigenvalue weighted by Crippen LogP contribution is 2.24. The lowest BCUT2D eigenvalue weighted by atomic mass is 10.5. The van der Waals surface area contributed by atoms with Gasteiger partial charge >= 0.3 is 8.80 Å². The molecule has 0 fully saturated rings. The van der Waals surface area contributed by atoms with Crippen molar-refractivity contribution in [3.8, 4) is 0 Å². The van der Waals surface area contributed by atoms with Crippen molar-refractivity contribution in [1.82, 2.24) is 0 Å². The summed E-state index contributed by atoms with van der Waals surface area (Å²) in [6.07, 6.45) is -6.15. The maximum atomic E-state index is 13.1. The van der Waals surface area contributed by atoms with E-state index >= 15 is 0 Å². The van der Waals surface area contributed by atoms with Crippen LogP contribution >= 0.6 is 0 Å². The van der Waals surface area contributed by atoms with E-state index in [1.807, 2.05) is 0 Å². The first-order chi connectivity index (χ1) is 8.58. The lowest BCUT2D eigenvalue weighted by Gasteiger charge is -2.27. The van der Waals surface area contributed by atoms with Crippen molar-refractivity contribution in [2.24, 2.45) is 0 Å². The number of carbonyl (C=O) groups is 3. The molecule has 0 aliphatic rings. The van der Waals surface area contributed by atoms with Gasteiger partial charge in [0.2, 0.25) is 0 Å². The molecule has 0 heterocycles. The molecule has 0 rings (SSSR count). The second kappa shape index (κ2) is 7.12. The van der Waals surface area contributed by atoms with Gasteiger partial charge in [-0.05, 0) is 0 Å². The topological polar surface area (TPSA) is 78.9 Å². The maximum absolute atomic E-state index is 13.1. The molecule has 0 saturated heterocycles. The number of rotatable bonds is 6. The predicted octanol–water partition coefficient (Wildman–Crippen LogP) is 1.22. The summed E-state index contributed by atoms with van der Waals surface area (Å²) in [7, 11) is -4.51. The van der Waals surface area contributed by atoms with Gasteiger partial charge in [-0.15, -0.1) is 0 Å². The molecule has 0 aromatic rings. The minimum atomic E-state index is -4.51. The zero-order chi connectivity index (χ0) is 15.2. The molecule has 0 amide bonds. The van der Waals surface area contributed by atoms with Crippen molar-refractivity contribution in [3.63, 3.8) is 0 Å². The standard InChI is InChI=1S/C9H13F3O6Si/c1-5(13)16-19(17-6(2)14,18-7(3)15)4-8(10)9(11)12/h8-9H,4H2,1-3H3. The van der Waals surface area contributed by atoms with E-state index < -0.39 is 45.4 Å². The first kappa shape index (κ1) is 17.4. The van der Waals surface area contributed by atoms with Gasteiger partial charge in [0.15, 0.2) is 6.17 Å². The lowest BCUT2D eigenvalue weighted by Crippen LogP contribution is -2.51. The first-order valence-corrected chi connectivity index (χ1v) is 7.02. The quantitative estimate of drug-likeness (QED) is 0.686. The van der Waals surface area contributed by atoms with Crippen molar-refractivity contribution >= 4 is 26.7 Å². The summed E-state index contributed by atoms with van der Waals surface area (Å²) in [5.41, 5.74) is 0. The average Bonchev–Trinajstić information content (AvgIpc) is 2.12. The molecule has 0 aliphatic carbocycles. The third-order valence-corrected chi connectivity index (χ3v) is 4.30. The highest BCUT2D eigenvalue weighted by Gasteiger charge is 2.55. The molecule has 0 saturated carbocycles. The second-order valence-corrected chi connectivity index (χ2v) is 5.91. The Kier molecular flexibility index (Phi) is 6.52. The number of hydrogen-bond acceptors (Lipinski definition) is 6. The van der Waals surface area contributed by atoms with Crippen molar-refractivity contribution in [3.05, 3.63) is 0 Å². The fourth-order valence-electron chi connectivity index (χ4n) is 1.17. The van der Waals surface area contributed by atoms with Crippen LogP contribution in [0.1, 0.15) is 20.8 Å². The molecule has 0 radical (unpaired) electrons. The predicted molar refractivity (Wildman–Crippen MR) is 56.8 cm³/mol. The van der Waals surface area contributed by atoms with E-state index in [4.69, 9.17) is 0 Å². The molecule has 0 aromatic carbocycles. The van der Waals surface area contributed by atoms with Crippen LogP contribution in [0.4, 0.5) is 13.2 Å². The van der Waals surface area contributed by atoms with Crippen molar-refractivity contribution in [2.45, 2.75) is 39.4 Å². The molecule has 0 bridgehead atoms. The van der Waals surface area contributed by atoms with Crippen LogP contribution in [-0.2, 0) is 27.7 Å². The Hall–Kier alpha value is -1.58. The van der Waals surface area contributed by atoms with Gasteiger partial charge in [0.05, 0.1) is 6.04 Å². The minimum absolute atomic E-state index is 0.879. The van der Waals surface area contributed by atoms with Crippen LogP contribution in [0.25, 0.3) is 0 Å². The summed E-state index contributed by atoms with van der Waals surface area (Å²) in [6, 6.07) is -1.19. The van der Waals surface area contributed by atoms with Crippen LogP contribution in [0.15, 0.2) is 0 Å². The van der Waals surface area contributed by atoms with Gasteiger partial charge in [-0.25, -0.2) is 13.2 Å². The summed E-state index contributed by atoms with van der Waals surface area (Å²) >= 11 is 0. The van der Waals surface area contributed by atoms with Crippen molar-refractivity contribution in [2.75, 3.05) is 0 Å². The van der Waals surface area contributed by atoms with E-state index in [-0.39, 0.29) is 0 Å². The first-order valence-electron chi connectivity index (χ1n) is 5.09. The highest BCUT2D eigenvalue weighted by atomic mass is 28.4. The van der Waals surface area contributed by atoms with Crippen LogP contribution in [0, 0.1) is 0 Å². The summed E-state index contributed by atoms with van der Waals surface area (Å²) in [4.78, 5) is 32.7. The highest BCUT2D eigenvalue weighted by molar-refractivity contribution is 6.65. The van der Waals surface area contributed by atoms with Gasteiger partial charge in [0.25, 0.3) is 24.3 Å². The van der Waals surface area contributed by atoms with E-state index in [9.17, 15) is 27.6 Å². The molecule has 0 N–H and O–H groups in total. The Morgan fingerprint density at radius 3 is 1.42 bits per heavy atom. The van der Waals surface area contributed by atoms with Gasteiger partial charge < -0.3 is 13.3 Å². The second-order valence-electron chi connectivity index (χ2n) is 3.52. The smallest absolute Gasteiger partial charge is 0.455 e. The Morgan fingerprint density at radius 1 is 0.895 bits per heavy atom. The van der Waals surface area contributed by atoms with Crippen molar-refractivity contribution < 1.29 is 40.8 Å². The van der Waals surface area contributed by atoms with E-state index in [2.05, 4.69) is 13.3 Å². The van der Waals surface area contributed by atoms with Crippen molar-refractivity contribution in [1.29, 1.82) is 0 Å². The van der Waals surface area contributed by atoms with E-state index in [1.54, 1.807) is 0 Å². The number of halogens is 3.